The lowest BCUT2D eigenvalue weighted by Crippen LogP contribution is -2.16. The van der Waals surface area contributed by atoms with Crippen LogP contribution >= 0.6 is 11.3 Å². The Balaban J connectivity index is 1.91. The van der Waals surface area contributed by atoms with Gasteiger partial charge in [-0.1, -0.05) is 11.3 Å². The van der Waals surface area contributed by atoms with Crippen LogP contribution in [0.15, 0.2) is 24.7 Å². The lowest BCUT2D eigenvalue weighted by molar-refractivity contribution is -0.137. The molecule has 0 radical (unpaired) electrons. The van der Waals surface area contributed by atoms with Crippen LogP contribution in [0.25, 0.3) is 11.4 Å². The highest BCUT2D eigenvalue weighted by Gasteiger charge is 2.31. The summed E-state index contributed by atoms with van der Waals surface area (Å²) >= 11 is 0.936. The largest absolute Gasteiger partial charge is 0.480 e. The Kier molecular flexibility index (Phi) is 6.12. The maximum absolute atomic E-state index is 12.7. The van der Waals surface area contributed by atoms with Crippen LogP contribution in [-0.2, 0) is 12.8 Å². The highest BCUT2D eigenvalue weighted by molar-refractivity contribution is 7.16. The normalized spacial score (nSPS) is 11.3. The van der Waals surface area contributed by atoms with Crippen LogP contribution in [0.1, 0.15) is 20.8 Å². The SMILES string of the molecule is COc1ncnc(OC)c1C(=O)Nc1nc(-c2ccc(C(F)(F)F)cn2)c(CO)s1. The van der Waals surface area contributed by atoms with Gasteiger partial charge in [0.05, 0.1) is 37.0 Å². The van der Waals surface area contributed by atoms with Gasteiger partial charge in [-0.2, -0.15) is 13.2 Å². The summed E-state index contributed by atoms with van der Waals surface area (Å²) in [6, 6.07) is 2.00. The molecule has 0 unspecified atom stereocenters. The quantitative estimate of drug-likeness (QED) is 0.599. The zero-order chi connectivity index (χ0) is 21.9. The third-order valence-electron chi connectivity index (χ3n) is 3.79. The summed E-state index contributed by atoms with van der Waals surface area (Å²) in [4.78, 5) is 28.6. The third kappa shape index (κ3) is 4.31. The van der Waals surface area contributed by atoms with Gasteiger partial charge in [-0.15, -0.1) is 0 Å². The van der Waals surface area contributed by atoms with Crippen LogP contribution in [0.2, 0.25) is 0 Å². The highest BCUT2D eigenvalue weighted by Crippen LogP contribution is 2.34. The van der Waals surface area contributed by atoms with Gasteiger partial charge in [-0.3, -0.25) is 15.1 Å². The number of amides is 1. The van der Waals surface area contributed by atoms with Crippen molar-refractivity contribution >= 4 is 22.4 Å². The Morgan fingerprint density at radius 2 is 1.83 bits per heavy atom. The van der Waals surface area contributed by atoms with Gasteiger partial charge in [0, 0.05) is 6.20 Å². The number of carbonyl (C=O) groups excluding carboxylic acids is 1. The van der Waals surface area contributed by atoms with E-state index < -0.39 is 24.3 Å². The number of pyridine rings is 1. The van der Waals surface area contributed by atoms with Crippen LogP contribution < -0.4 is 14.8 Å². The number of aliphatic hydroxyl groups excluding tert-OH is 1. The van der Waals surface area contributed by atoms with Crippen LogP contribution in [0.3, 0.4) is 0 Å². The fourth-order valence-corrected chi connectivity index (χ4v) is 3.26. The lowest BCUT2D eigenvalue weighted by atomic mass is 10.2. The molecule has 0 aliphatic carbocycles. The molecule has 0 aromatic carbocycles. The molecule has 3 aromatic rings. The van der Waals surface area contributed by atoms with Crippen molar-refractivity contribution in [3.8, 4) is 23.1 Å². The maximum atomic E-state index is 12.7. The molecule has 0 saturated heterocycles. The van der Waals surface area contributed by atoms with Crippen LogP contribution in [-0.4, -0.2) is 45.2 Å². The molecular weight excluding hydrogens is 427 g/mol. The van der Waals surface area contributed by atoms with E-state index in [9.17, 15) is 23.1 Å². The van der Waals surface area contributed by atoms with Crippen molar-refractivity contribution in [2.75, 3.05) is 19.5 Å². The summed E-state index contributed by atoms with van der Waals surface area (Å²) in [5, 5.41) is 12.2. The lowest BCUT2D eigenvalue weighted by Gasteiger charge is -2.09. The van der Waals surface area contributed by atoms with Gasteiger partial charge in [0.15, 0.2) is 10.7 Å². The van der Waals surface area contributed by atoms with E-state index in [1.165, 1.54) is 14.2 Å². The third-order valence-corrected chi connectivity index (χ3v) is 4.74. The number of nitrogens with one attached hydrogen (secondary N) is 1. The molecule has 0 saturated carbocycles. The Labute approximate surface area is 171 Å². The summed E-state index contributed by atoms with van der Waals surface area (Å²) in [7, 11) is 2.64. The average Bonchev–Trinajstić information content (AvgIpc) is 3.15. The van der Waals surface area contributed by atoms with Crippen molar-refractivity contribution in [1.82, 2.24) is 19.9 Å². The number of halogens is 3. The van der Waals surface area contributed by atoms with E-state index in [1.807, 2.05) is 0 Å². The number of aromatic nitrogens is 4. The molecular formula is C17H14F3N5O4S. The number of ether oxygens (including phenoxy) is 2. The van der Waals surface area contributed by atoms with E-state index in [0.29, 0.717) is 11.1 Å². The molecule has 0 fully saturated rings. The monoisotopic (exact) mass is 441 g/mol. The minimum atomic E-state index is -4.53. The van der Waals surface area contributed by atoms with Crippen LogP contribution in [0.4, 0.5) is 18.3 Å². The molecule has 158 valence electrons. The summed E-state index contributed by atoms with van der Waals surface area (Å²) in [5.74, 6) is -0.736. The van der Waals surface area contributed by atoms with Gasteiger partial charge in [0.25, 0.3) is 5.91 Å². The highest BCUT2D eigenvalue weighted by atomic mass is 32.1. The zero-order valence-corrected chi connectivity index (χ0v) is 16.3. The number of anilines is 1. The van der Waals surface area contributed by atoms with Gasteiger partial charge in [-0.05, 0) is 12.1 Å². The number of carbonyl (C=O) groups is 1. The number of alkyl halides is 3. The first-order valence-electron chi connectivity index (χ1n) is 8.17. The minimum Gasteiger partial charge on any atom is -0.480 e. The van der Waals surface area contributed by atoms with Gasteiger partial charge in [0.1, 0.15) is 12.0 Å². The molecule has 0 spiro atoms. The average molecular weight is 441 g/mol. The Morgan fingerprint density at radius 1 is 1.17 bits per heavy atom. The van der Waals surface area contributed by atoms with E-state index in [1.54, 1.807) is 0 Å². The molecule has 3 aromatic heterocycles. The van der Waals surface area contributed by atoms with Crippen molar-refractivity contribution in [2.45, 2.75) is 12.8 Å². The van der Waals surface area contributed by atoms with E-state index >= 15 is 0 Å². The maximum Gasteiger partial charge on any atom is 0.417 e. The van der Waals surface area contributed by atoms with Gasteiger partial charge in [0.2, 0.25) is 11.8 Å². The van der Waals surface area contributed by atoms with Crippen molar-refractivity contribution in [2.24, 2.45) is 0 Å². The first-order valence-corrected chi connectivity index (χ1v) is 8.98. The second-order valence-electron chi connectivity index (χ2n) is 5.60. The van der Waals surface area contributed by atoms with E-state index in [-0.39, 0.29) is 33.8 Å². The number of hydrogen-bond acceptors (Lipinski definition) is 9. The van der Waals surface area contributed by atoms with Crippen molar-refractivity contribution < 1.29 is 32.5 Å². The molecule has 2 N–H and O–H groups in total. The molecule has 3 heterocycles. The number of thiazole rings is 1. The summed E-state index contributed by atoms with van der Waals surface area (Å²) in [5.41, 5.74) is -0.724. The second-order valence-corrected chi connectivity index (χ2v) is 6.68. The molecule has 0 atom stereocenters. The molecule has 0 aliphatic rings. The molecule has 0 bridgehead atoms. The smallest absolute Gasteiger partial charge is 0.417 e. The summed E-state index contributed by atoms with van der Waals surface area (Å²) in [6.45, 7) is -0.452. The first kappa shape index (κ1) is 21.4. The molecule has 0 aliphatic heterocycles. The van der Waals surface area contributed by atoms with E-state index in [0.717, 1.165) is 29.8 Å². The van der Waals surface area contributed by atoms with Crippen LogP contribution in [0.5, 0.6) is 11.8 Å². The number of nitrogens with zero attached hydrogens (tertiary/aromatic N) is 4. The summed E-state index contributed by atoms with van der Waals surface area (Å²) < 4.78 is 48.3. The standard InChI is InChI=1S/C17H14F3N5O4S/c1-28-14-11(15(29-2)23-7-22-14)13(27)25-16-24-12(10(6-26)30-16)9-4-3-8(5-21-9)17(18,19)20/h3-5,7,26H,6H2,1-2H3,(H,24,25,27). The van der Waals surface area contributed by atoms with E-state index in [2.05, 4.69) is 25.3 Å². The Hall–Kier alpha value is -3.32. The zero-order valence-electron chi connectivity index (χ0n) is 15.5. The first-order chi connectivity index (χ1) is 14.3. The fraction of sp³-hybridized carbons (Fsp3) is 0.235. The van der Waals surface area contributed by atoms with Gasteiger partial charge in [-0.25, -0.2) is 15.0 Å². The number of hydrogen-bond donors (Lipinski definition) is 2. The number of rotatable bonds is 6. The van der Waals surface area contributed by atoms with Crippen LogP contribution in [0, 0.1) is 0 Å². The second kappa shape index (κ2) is 8.59. The summed E-state index contributed by atoms with van der Waals surface area (Å²) in [6.07, 6.45) is -2.69. The number of methoxy groups -OCH3 is 2. The topological polar surface area (TPSA) is 119 Å². The molecule has 13 heteroatoms. The van der Waals surface area contributed by atoms with Crippen molar-refractivity contribution in [3.63, 3.8) is 0 Å². The van der Waals surface area contributed by atoms with Gasteiger partial charge < -0.3 is 14.6 Å². The molecule has 30 heavy (non-hydrogen) atoms. The predicted molar refractivity (Wildman–Crippen MR) is 99.4 cm³/mol. The minimum absolute atomic E-state index is 0.0251. The predicted octanol–water partition coefficient (Wildman–Crippen LogP) is 2.78. The van der Waals surface area contributed by atoms with Crippen molar-refractivity contribution in [1.29, 1.82) is 0 Å². The van der Waals surface area contributed by atoms with Crippen molar-refractivity contribution in [3.05, 3.63) is 40.7 Å². The fourth-order valence-electron chi connectivity index (χ4n) is 2.43. The molecule has 3 rings (SSSR count). The Morgan fingerprint density at radius 3 is 2.33 bits per heavy atom. The molecule has 9 nitrogen and oxygen atoms in total. The van der Waals surface area contributed by atoms with E-state index in [4.69, 9.17) is 9.47 Å². The molecule has 1 amide bonds. The van der Waals surface area contributed by atoms with Gasteiger partial charge >= 0.3 is 6.18 Å². The Bertz CT molecular complexity index is 1030. The number of aliphatic hydroxyl groups is 1.